The van der Waals surface area contributed by atoms with Crippen LogP contribution in [-0.4, -0.2) is 30.1 Å². The van der Waals surface area contributed by atoms with Gasteiger partial charge in [0.05, 0.1) is 0 Å². The molecule has 2 atom stereocenters. The van der Waals surface area contributed by atoms with E-state index >= 15 is 0 Å². The van der Waals surface area contributed by atoms with Gasteiger partial charge in [-0.05, 0) is 30.0 Å². The molecular weight excluding hydrogens is 300 g/mol. The molecule has 3 rings (SSSR count). The van der Waals surface area contributed by atoms with Gasteiger partial charge in [0.1, 0.15) is 5.75 Å². The molecule has 1 amide bonds. The van der Waals surface area contributed by atoms with E-state index in [0.717, 1.165) is 26.1 Å². The maximum Gasteiger partial charge on any atom is 0.412 e. The molecule has 0 aromatic heterocycles. The zero-order valence-corrected chi connectivity index (χ0v) is 14.0. The SMILES string of the molecule is C[C@H]1C[C@H](NC(=O)Oc2ccccc2)CN(Cc2ccccc2)C1. The Kier molecular flexibility index (Phi) is 5.49. The molecule has 1 aliphatic rings. The number of carbonyl (C=O) groups excluding carboxylic acids is 1. The summed E-state index contributed by atoms with van der Waals surface area (Å²) in [5.74, 6) is 1.12. The van der Waals surface area contributed by atoms with E-state index in [1.807, 2.05) is 24.3 Å². The van der Waals surface area contributed by atoms with Gasteiger partial charge in [-0.3, -0.25) is 4.90 Å². The minimum atomic E-state index is -0.375. The molecule has 1 N–H and O–H groups in total. The maximum absolute atomic E-state index is 12.1. The van der Waals surface area contributed by atoms with Crippen molar-refractivity contribution in [3.8, 4) is 5.75 Å². The van der Waals surface area contributed by atoms with Gasteiger partial charge in [0.25, 0.3) is 0 Å². The Morgan fingerprint density at radius 1 is 1.08 bits per heavy atom. The fourth-order valence-electron chi connectivity index (χ4n) is 3.33. The number of nitrogens with one attached hydrogen (secondary N) is 1. The average Bonchev–Trinajstić information content (AvgIpc) is 2.56. The highest BCUT2D eigenvalue weighted by molar-refractivity contribution is 5.70. The number of benzene rings is 2. The second kappa shape index (κ2) is 7.97. The minimum absolute atomic E-state index is 0.119. The zero-order valence-electron chi connectivity index (χ0n) is 14.0. The van der Waals surface area contributed by atoms with Gasteiger partial charge < -0.3 is 10.1 Å². The van der Waals surface area contributed by atoms with Crippen LogP contribution in [-0.2, 0) is 6.54 Å². The van der Waals surface area contributed by atoms with Crippen LogP contribution in [0.5, 0.6) is 5.75 Å². The van der Waals surface area contributed by atoms with Crippen molar-refractivity contribution in [2.45, 2.75) is 25.9 Å². The van der Waals surface area contributed by atoms with Crippen LogP contribution in [0.15, 0.2) is 60.7 Å². The van der Waals surface area contributed by atoms with Crippen molar-refractivity contribution in [2.24, 2.45) is 5.92 Å². The van der Waals surface area contributed by atoms with Gasteiger partial charge in [0.15, 0.2) is 0 Å². The Bertz CT molecular complexity index is 645. The summed E-state index contributed by atoms with van der Waals surface area (Å²) in [6, 6.07) is 19.7. The first-order chi connectivity index (χ1) is 11.7. The Morgan fingerprint density at radius 2 is 1.75 bits per heavy atom. The van der Waals surface area contributed by atoms with E-state index in [2.05, 4.69) is 41.4 Å². The number of ether oxygens (including phenoxy) is 1. The van der Waals surface area contributed by atoms with Crippen molar-refractivity contribution in [2.75, 3.05) is 13.1 Å². The number of amides is 1. The smallest absolute Gasteiger partial charge is 0.410 e. The summed E-state index contributed by atoms with van der Waals surface area (Å²) in [6.45, 7) is 5.05. The summed E-state index contributed by atoms with van der Waals surface area (Å²) >= 11 is 0. The van der Waals surface area contributed by atoms with Crippen LogP contribution in [0.3, 0.4) is 0 Å². The fraction of sp³-hybridized carbons (Fsp3) is 0.350. The van der Waals surface area contributed by atoms with Gasteiger partial charge in [-0.2, -0.15) is 0 Å². The molecule has 2 aromatic carbocycles. The van der Waals surface area contributed by atoms with Crippen LogP contribution in [0.1, 0.15) is 18.9 Å². The molecule has 1 aliphatic heterocycles. The van der Waals surface area contributed by atoms with Crippen LogP contribution >= 0.6 is 0 Å². The molecule has 0 aliphatic carbocycles. The number of para-hydroxylation sites is 1. The lowest BCUT2D eigenvalue weighted by molar-refractivity contribution is 0.135. The van der Waals surface area contributed by atoms with Crippen LogP contribution in [0.25, 0.3) is 0 Å². The van der Waals surface area contributed by atoms with Crippen LogP contribution in [0.4, 0.5) is 4.79 Å². The molecule has 0 spiro atoms. The predicted octanol–water partition coefficient (Wildman–Crippen LogP) is 3.69. The first-order valence-corrected chi connectivity index (χ1v) is 8.48. The zero-order chi connectivity index (χ0) is 16.8. The first-order valence-electron chi connectivity index (χ1n) is 8.48. The standard InChI is InChI=1S/C20H24N2O2/c1-16-12-18(21-20(23)24-19-10-6-3-7-11-19)15-22(13-16)14-17-8-4-2-5-9-17/h2-11,16,18H,12-15H2,1H3,(H,21,23)/t16-,18-/m0/s1. The van der Waals surface area contributed by atoms with E-state index in [1.54, 1.807) is 12.1 Å². The molecule has 2 aromatic rings. The van der Waals surface area contributed by atoms with E-state index in [4.69, 9.17) is 4.74 Å². The molecule has 4 heteroatoms. The lowest BCUT2D eigenvalue weighted by Gasteiger charge is -2.36. The van der Waals surface area contributed by atoms with Crippen molar-refractivity contribution in [1.29, 1.82) is 0 Å². The lowest BCUT2D eigenvalue weighted by atomic mass is 9.95. The van der Waals surface area contributed by atoms with E-state index in [9.17, 15) is 4.79 Å². The third-order valence-electron chi connectivity index (χ3n) is 4.26. The maximum atomic E-state index is 12.1. The van der Waals surface area contributed by atoms with Gasteiger partial charge in [-0.1, -0.05) is 55.5 Å². The van der Waals surface area contributed by atoms with Gasteiger partial charge in [-0.25, -0.2) is 4.79 Å². The summed E-state index contributed by atoms with van der Waals surface area (Å²) in [7, 11) is 0. The summed E-state index contributed by atoms with van der Waals surface area (Å²) in [5, 5.41) is 3.01. The van der Waals surface area contributed by atoms with Crippen molar-refractivity contribution < 1.29 is 9.53 Å². The number of rotatable bonds is 4. The molecular formula is C20H24N2O2. The predicted molar refractivity (Wildman–Crippen MR) is 94.9 cm³/mol. The van der Waals surface area contributed by atoms with Crippen molar-refractivity contribution >= 4 is 6.09 Å². The Morgan fingerprint density at radius 3 is 2.46 bits per heavy atom. The van der Waals surface area contributed by atoms with E-state index < -0.39 is 0 Å². The minimum Gasteiger partial charge on any atom is -0.410 e. The average molecular weight is 324 g/mol. The quantitative estimate of drug-likeness (QED) is 0.932. The van der Waals surface area contributed by atoms with Gasteiger partial charge >= 0.3 is 6.09 Å². The number of hydrogen-bond donors (Lipinski definition) is 1. The second-order valence-electron chi connectivity index (χ2n) is 6.56. The molecule has 0 saturated carbocycles. The molecule has 24 heavy (non-hydrogen) atoms. The van der Waals surface area contributed by atoms with Crippen LogP contribution in [0, 0.1) is 5.92 Å². The normalized spacial score (nSPS) is 21.2. The molecule has 0 unspecified atom stereocenters. The summed E-state index contributed by atoms with van der Waals surface area (Å²) < 4.78 is 5.34. The second-order valence-corrected chi connectivity index (χ2v) is 6.56. The lowest BCUT2D eigenvalue weighted by Crippen LogP contribution is -2.50. The molecule has 1 saturated heterocycles. The molecule has 0 bridgehead atoms. The highest BCUT2D eigenvalue weighted by Gasteiger charge is 2.26. The molecule has 1 fully saturated rings. The number of piperidine rings is 1. The fourth-order valence-corrected chi connectivity index (χ4v) is 3.33. The monoisotopic (exact) mass is 324 g/mol. The third-order valence-corrected chi connectivity index (χ3v) is 4.26. The highest BCUT2D eigenvalue weighted by atomic mass is 16.6. The third kappa shape index (κ3) is 4.83. The highest BCUT2D eigenvalue weighted by Crippen LogP contribution is 2.19. The molecule has 0 radical (unpaired) electrons. The molecule has 4 nitrogen and oxygen atoms in total. The van der Waals surface area contributed by atoms with Crippen molar-refractivity contribution in [3.05, 3.63) is 66.2 Å². The Hall–Kier alpha value is -2.33. The Labute approximate surface area is 143 Å². The van der Waals surface area contributed by atoms with Gasteiger partial charge in [-0.15, -0.1) is 0 Å². The van der Waals surface area contributed by atoms with Crippen molar-refractivity contribution in [1.82, 2.24) is 10.2 Å². The van der Waals surface area contributed by atoms with Crippen LogP contribution in [0.2, 0.25) is 0 Å². The number of nitrogens with zero attached hydrogens (tertiary/aromatic N) is 1. The topological polar surface area (TPSA) is 41.6 Å². The number of hydrogen-bond acceptors (Lipinski definition) is 3. The van der Waals surface area contributed by atoms with Gasteiger partial charge in [0, 0.05) is 25.7 Å². The van der Waals surface area contributed by atoms with Gasteiger partial charge in [0.2, 0.25) is 0 Å². The van der Waals surface area contributed by atoms with E-state index in [1.165, 1.54) is 5.56 Å². The van der Waals surface area contributed by atoms with E-state index in [0.29, 0.717) is 11.7 Å². The summed E-state index contributed by atoms with van der Waals surface area (Å²) in [4.78, 5) is 14.5. The first kappa shape index (κ1) is 16.5. The molecule has 1 heterocycles. The molecule has 126 valence electrons. The number of carbonyl (C=O) groups is 1. The van der Waals surface area contributed by atoms with Crippen LogP contribution < -0.4 is 10.1 Å². The largest absolute Gasteiger partial charge is 0.412 e. The Balaban J connectivity index is 1.54. The van der Waals surface area contributed by atoms with E-state index in [-0.39, 0.29) is 12.1 Å². The number of likely N-dealkylation sites (tertiary alicyclic amines) is 1. The summed E-state index contributed by atoms with van der Waals surface area (Å²) in [6.07, 6.45) is 0.606. The van der Waals surface area contributed by atoms with Crippen molar-refractivity contribution in [3.63, 3.8) is 0 Å². The summed E-state index contributed by atoms with van der Waals surface area (Å²) in [5.41, 5.74) is 1.30.